The van der Waals surface area contributed by atoms with Crippen molar-refractivity contribution in [3.63, 3.8) is 0 Å². The maximum atomic E-state index is 11.0. The first-order valence-corrected chi connectivity index (χ1v) is 13.2. The van der Waals surface area contributed by atoms with E-state index in [-0.39, 0.29) is 6.61 Å². The summed E-state index contributed by atoms with van der Waals surface area (Å²) in [5.41, 5.74) is 10.9. The predicted molar refractivity (Wildman–Crippen MR) is 120 cm³/mol. The number of aryl methyl sites for hydroxylation is 3. The number of phosphoric acid groups is 1. The molecule has 164 valence electrons. The summed E-state index contributed by atoms with van der Waals surface area (Å²) < 4.78 is 15.7. The zero-order chi connectivity index (χ0) is 21.4. The van der Waals surface area contributed by atoms with E-state index in [0.29, 0.717) is 18.8 Å². The second-order valence-corrected chi connectivity index (χ2v) is 11.1. The molecule has 1 fully saturated rings. The lowest BCUT2D eigenvalue weighted by Crippen LogP contribution is -2.41. The summed E-state index contributed by atoms with van der Waals surface area (Å²) in [5, 5.41) is 1.26. The molecule has 0 amide bonds. The van der Waals surface area contributed by atoms with Crippen LogP contribution in [0.3, 0.4) is 0 Å². The number of nitrogens with two attached hydrogens (primary N) is 1. The molecule has 4 rings (SSSR count). The highest BCUT2D eigenvalue weighted by molar-refractivity contribution is 7.46. The molecule has 4 N–H and O–H groups in total. The number of fused-ring (bicyclic) bond motifs is 3. The van der Waals surface area contributed by atoms with E-state index in [0.717, 1.165) is 25.7 Å². The van der Waals surface area contributed by atoms with Gasteiger partial charge in [0.15, 0.2) is 0 Å². The number of phosphoric ester groups is 1. The van der Waals surface area contributed by atoms with Gasteiger partial charge in [0.1, 0.15) is 0 Å². The maximum Gasteiger partial charge on any atom is 0.469 e. The molecule has 0 unspecified atom stereocenters. The molecule has 0 spiro atoms. The van der Waals surface area contributed by atoms with E-state index in [9.17, 15) is 4.57 Å². The van der Waals surface area contributed by atoms with Crippen LogP contribution in [0.5, 0.6) is 0 Å². The topological polar surface area (TPSA) is 106 Å². The van der Waals surface area contributed by atoms with Crippen LogP contribution in [-0.2, 0) is 28.4 Å². The van der Waals surface area contributed by atoms with E-state index < -0.39 is 13.4 Å². The number of thiazole rings is 1. The molecule has 1 saturated carbocycles. The van der Waals surface area contributed by atoms with Crippen LogP contribution in [0, 0.1) is 0 Å². The fraction of sp³-hybridized carbons (Fsp3) is 0.591. The fourth-order valence-corrected chi connectivity index (χ4v) is 6.39. The van der Waals surface area contributed by atoms with Crippen LogP contribution < -0.4 is 5.73 Å². The minimum absolute atomic E-state index is 0.107. The van der Waals surface area contributed by atoms with E-state index in [1.807, 2.05) is 11.3 Å². The molecular weight excluding hydrogens is 419 g/mol. The summed E-state index contributed by atoms with van der Waals surface area (Å²) in [7, 11) is -4.49. The van der Waals surface area contributed by atoms with E-state index in [4.69, 9.17) is 25.0 Å². The van der Waals surface area contributed by atoms with Crippen LogP contribution in [0.4, 0.5) is 0 Å². The summed E-state index contributed by atoms with van der Waals surface area (Å²) >= 11 is 1.85. The molecule has 2 aromatic rings. The number of nitrogens with zero attached hydrogens (tertiary/aromatic N) is 1. The quantitative estimate of drug-likeness (QED) is 0.397. The molecular formula is C22H31N2O4PS. The van der Waals surface area contributed by atoms with Crippen LogP contribution in [0.25, 0.3) is 10.4 Å². The van der Waals surface area contributed by atoms with Crippen LogP contribution >= 0.6 is 19.2 Å². The molecule has 0 radical (unpaired) electrons. The van der Waals surface area contributed by atoms with Gasteiger partial charge in [0.05, 0.1) is 22.2 Å². The van der Waals surface area contributed by atoms with Crippen molar-refractivity contribution >= 4 is 19.2 Å². The van der Waals surface area contributed by atoms with E-state index in [1.165, 1.54) is 51.5 Å². The number of rotatable bonds is 8. The van der Waals surface area contributed by atoms with Crippen molar-refractivity contribution in [3.8, 4) is 10.4 Å². The second kappa shape index (κ2) is 8.81. The van der Waals surface area contributed by atoms with Crippen molar-refractivity contribution in [2.45, 2.75) is 76.2 Å². The largest absolute Gasteiger partial charge is 0.469 e. The molecule has 2 aliphatic carbocycles. The Morgan fingerprint density at radius 3 is 2.93 bits per heavy atom. The van der Waals surface area contributed by atoms with Gasteiger partial charge < -0.3 is 15.5 Å². The summed E-state index contributed by atoms with van der Waals surface area (Å²) in [6.45, 7) is 2.12. The summed E-state index contributed by atoms with van der Waals surface area (Å²) in [4.78, 5) is 24.2. The molecule has 6 nitrogen and oxygen atoms in total. The van der Waals surface area contributed by atoms with Crippen molar-refractivity contribution in [1.29, 1.82) is 0 Å². The van der Waals surface area contributed by atoms with E-state index in [2.05, 4.69) is 25.1 Å². The lowest BCUT2D eigenvalue weighted by Gasteiger charge is -2.24. The van der Waals surface area contributed by atoms with Crippen LogP contribution in [0.15, 0.2) is 18.2 Å². The predicted octanol–water partition coefficient (Wildman–Crippen LogP) is 4.72. The van der Waals surface area contributed by atoms with E-state index >= 15 is 0 Å². The molecule has 1 aromatic carbocycles. The molecule has 0 bridgehead atoms. The highest BCUT2D eigenvalue weighted by Crippen LogP contribution is 2.45. The molecule has 2 atom stereocenters. The van der Waals surface area contributed by atoms with Gasteiger partial charge in [-0.1, -0.05) is 38.0 Å². The zero-order valence-electron chi connectivity index (χ0n) is 17.5. The molecule has 0 aliphatic heterocycles. The Morgan fingerprint density at radius 2 is 2.17 bits per heavy atom. The number of unbranched alkanes of at least 4 members (excludes halogenated alkanes) is 2. The van der Waals surface area contributed by atoms with Crippen molar-refractivity contribution in [2.75, 3.05) is 6.61 Å². The Balaban J connectivity index is 1.47. The fourth-order valence-electron chi connectivity index (χ4n) is 4.75. The first kappa shape index (κ1) is 22.1. The first-order valence-electron chi connectivity index (χ1n) is 10.9. The van der Waals surface area contributed by atoms with Gasteiger partial charge >= 0.3 is 7.82 Å². The van der Waals surface area contributed by atoms with Gasteiger partial charge in [-0.25, -0.2) is 9.55 Å². The molecule has 8 heteroatoms. The van der Waals surface area contributed by atoms with Gasteiger partial charge in [-0.15, -0.1) is 11.3 Å². The average molecular weight is 451 g/mol. The number of aromatic nitrogens is 1. The number of hydrogen-bond acceptors (Lipinski definition) is 5. The van der Waals surface area contributed by atoms with Crippen LogP contribution in [0.2, 0.25) is 0 Å². The van der Waals surface area contributed by atoms with Gasteiger partial charge in [0.2, 0.25) is 0 Å². The van der Waals surface area contributed by atoms with Crippen molar-refractivity contribution in [1.82, 2.24) is 4.98 Å². The highest BCUT2D eigenvalue weighted by Gasteiger charge is 2.38. The molecule has 1 heterocycles. The number of hydrogen-bond donors (Lipinski definition) is 3. The van der Waals surface area contributed by atoms with Gasteiger partial charge in [-0.3, -0.25) is 4.52 Å². The highest BCUT2D eigenvalue weighted by atomic mass is 32.1. The Hall–Kier alpha value is -1.08. The third kappa shape index (κ3) is 5.04. The zero-order valence-corrected chi connectivity index (χ0v) is 19.2. The summed E-state index contributed by atoms with van der Waals surface area (Å²) in [6.07, 6.45) is 9.08. The monoisotopic (exact) mass is 450 g/mol. The van der Waals surface area contributed by atoms with Gasteiger partial charge in [-0.05, 0) is 67.6 Å². The smallest absolute Gasteiger partial charge is 0.323 e. The second-order valence-electron chi connectivity index (χ2n) is 8.82. The van der Waals surface area contributed by atoms with Gasteiger partial charge in [0, 0.05) is 5.54 Å². The minimum Gasteiger partial charge on any atom is -0.323 e. The van der Waals surface area contributed by atoms with Crippen molar-refractivity contribution in [3.05, 3.63) is 40.0 Å². The normalized spacial score (nSPS) is 23.4. The Bertz CT molecular complexity index is 957. The summed E-state index contributed by atoms with van der Waals surface area (Å²) in [5.74, 6) is 0.299. The molecule has 30 heavy (non-hydrogen) atoms. The molecule has 1 aromatic heterocycles. The Morgan fingerprint density at radius 1 is 1.33 bits per heavy atom. The van der Waals surface area contributed by atoms with Crippen molar-refractivity contribution < 1.29 is 18.9 Å². The lowest BCUT2D eigenvalue weighted by molar-refractivity contribution is 0.153. The van der Waals surface area contributed by atoms with Gasteiger partial charge in [-0.2, -0.15) is 0 Å². The van der Waals surface area contributed by atoms with Crippen LogP contribution in [-0.4, -0.2) is 26.9 Å². The molecule has 2 aliphatic rings. The third-order valence-electron chi connectivity index (χ3n) is 6.38. The average Bonchev–Trinajstić information content (AvgIpc) is 3.30. The Labute approximate surface area is 182 Å². The standard InChI is InChI=1S/C22H31N2O4PS/c1-2-3-4-5-20-24-19-9-7-16-12-15(6-8-18(16)21(19)30-20)17-10-11-22(23,13-17)14-28-29(25,26)27/h6,8,12,17H,2-5,7,9-11,13-14,23H2,1H3,(H2,25,26,27)/t17-,22+/m0/s1. The SMILES string of the molecule is CCCCCc1nc2c(s1)-c1ccc([C@H]3CC[C@](N)(COP(=O)(O)O)C3)cc1CC2. The Kier molecular flexibility index (Phi) is 6.50. The maximum absolute atomic E-state index is 11.0. The van der Waals surface area contributed by atoms with E-state index in [1.54, 1.807) is 0 Å². The minimum atomic E-state index is -4.49. The summed E-state index contributed by atoms with van der Waals surface area (Å²) in [6, 6.07) is 6.75. The first-order chi connectivity index (χ1) is 14.3. The van der Waals surface area contributed by atoms with Gasteiger partial charge in [0.25, 0.3) is 0 Å². The molecule has 0 saturated heterocycles. The number of benzene rings is 1. The van der Waals surface area contributed by atoms with Crippen LogP contribution in [0.1, 0.15) is 73.2 Å². The van der Waals surface area contributed by atoms with Crippen molar-refractivity contribution in [2.24, 2.45) is 5.73 Å². The third-order valence-corrected chi connectivity index (χ3v) is 8.03. The lowest BCUT2D eigenvalue weighted by atomic mass is 9.87.